The second kappa shape index (κ2) is 21.6. The number of carbonyl (C=O) groups is 1. The van der Waals surface area contributed by atoms with Crippen LogP contribution in [0.25, 0.3) is 0 Å². The summed E-state index contributed by atoms with van der Waals surface area (Å²) in [4.78, 5) is 11.3. The summed E-state index contributed by atoms with van der Waals surface area (Å²) in [6.45, 7) is 2.73. The van der Waals surface area contributed by atoms with E-state index in [1.807, 2.05) is 0 Å². The van der Waals surface area contributed by atoms with E-state index in [9.17, 15) is 4.79 Å². The fourth-order valence-corrected chi connectivity index (χ4v) is 3.19. The summed E-state index contributed by atoms with van der Waals surface area (Å²) in [6.07, 6.45) is 19.8. The van der Waals surface area contributed by atoms with Gasteiger partial charge in [0.15, 0.2) is 6.29 Å². The van der Waals surface area contributed by atoms with E-state index in [0.29, 0.717) is 6.61 Å². The molecule has 0 saturated heterocycles. The number of hydrogen-bond acceptors (Lipinski definition) is 5. The molecule has 27 heavy (non-hydrogen) atoms. The van der Waals surface area contributed by atoms with Crippen molar-refractivity contribution >= 4 is 5.97 Å². The Morgan fingerprint density at radius 3 is 1.56 bits per heavy atom. The van der Waals surface area contributed by atoms with Gasteiger partial charge < -0.3 is 20.3 Å². The van der Waals surface area contributed by atoms with Gasteiger partial charge in [0.25, 0.3) is 0 Å². The number of unbranched alkanes of at least 4 members (excludes halogenated alkanes) is 15. The Kier molecular flexibility index (Phi) is 21.1. The summed E-state index contributed by atoms with van der Waals surface area (Å²) >= 11 is 0. The van der Waals surface area contributed by atoms with E-state index >= 15 is 0 Å². The highest BCUT2D eigenvalue weighted by atomic mass is 16.5. The van der Waals surface area contributed by atoms with Gasteiger partial charge in [0, 0.05) is 6.54 Å². The molecule has 0 unspecified atom stereocenters. The molecule has 0 spiro atoms. The van der Waals surface area contributed by atoms with Crippen LogP contribution in [0.2, 0.25) is 0 Å². The van der Waals surface area contributed by atoms with Crippen molar-refractivity contribution in [2.45, 2.75) is 116 Å². The topological polar surface area (TPSA) is 78.8 Å². The Bertz CT molecular complexity index is 311. The Hall–Kier alpha value is -0.650. The average Bonchev–Trinajstić information content (AvgIpc) is 2.64. The molecule has 3 N–H and O–H groups in total. The molecule has 0 aliphatic heterocycles. The van der Waals surface area contributed by atoms with Gasteiger partial charge in [-0.3, -0.25) is 4.79 Å². The molecule has 0 radical (unpaired) electrons. The number of ether oxygens (including phenoxy) is 1. The van der Waals surface area contributed by atoms with Crippen molar-refractivity contribution in [3.63, 3.8) is 0 Å². The number of aliphatic hydroxyl groups excluding tert-OH is 1. The highest BCUT2D eigenvalue weighted by Gasteiger charge is 2.03. The maximum atomic E-state index is 11.3. The molecule has 5 heteroatoms. The molecule has 5 nitrogen and oxygen atoms in total. The van der Waals surface area contributed by atoms with E-state index in [2.05, 4.69) is 12.2 Å². The molecule has 0 fully saturated rings. The van der Waals surface area contributed by atoms with Gasteiger partial charge in [-0.15, -0.1) is 0 Å². The van der Waals surface area contributed by atoms with Crippen molar-refractivity contribution in [3.8, 4) is 0 Å². The lowest BCUT2D eigenvalue weighted by molar-refractivity contribution is -0.142. The summed E-state index contributed by atoms with van der Waals surface area (Å²) < 4.78 is 5.08. The van der Waals surface area contributed by atoms with Crippen molar-refractivity contribution in [1.29, 1.82) is 0 Å². The zero-order valence-electron chi connectivity index (χ0n) is 17.7. The predicted molar refractivity (Wildman–Crippen MR) is 112 cm³/mol. The summed E-state index contributed by atoms with van der Waals surface area (Å²) in [5.41, 5.74) is 0. The SMILES string of the molecule is CCCCCCCCCCCCCCCCCCOC(=O)CNCC(O)O. The molecule has 162 valence electrons. The summed E-state index contributed by atoms with van der Waals surface area (Å²) in [5, 5.41) is 19.9. The normalized spacial score (nSPS) is 11.3. The Balaban J connectivity index is 3.09. The second-order valence-electron chi connectivity index (χ2n) is 7.64. The molecule has 0 aromatic carbocycles. The molecule has 0 bridgehead atoms. The van der Waals surface area contributed by atoms with Crippen molar-refractivity contribution in [2.75, 3.05) is 19.7 Å². The summed E-state index contributed by atoms with van der Waals surface area (Å²) in [7, 11) is 0. The number of esters is 1. The van der Waals surface area contributed by atoms with E-state index in [1.54, 1.807) is 0 Å². The molecule has 0 saturated carbocycles. The van der Waals surface area contributed by atoms with Gasteiger partial charge in [-0.2, -0.15) is 0 Å². The number of rotatable bonds is 21. The van der Waals surface area contributed by atoms with E-state index in [1.165, 1.54) is 89.9 Å². The summed E-state index contributed by atoms with van der Waals surface area (Å²) in [6, 6.07) is 0. The maximum absolute atomic E-state index is 11.3. The molecular formula is C22H45NO4. The number of aliphatic hydroxyl groups is 2. The quantitative estimate of drug-likeness (QED) is 0.151. The van der Waals surface area contributed by atoms with E-state index in [4.69, 9.17) is 14.9 Å². The van der Waals surface area contributed by atoms with Gasteiger partial charge in [0.1, 0.15) is 0 Å². The van der Waals surface area contributed by atoms with Crippen LogP contribution in [-0.2, 0) is 9.53 Å². The second-order valence-corrected chi connectivity index (χ2v) is 7.64. The first-order chi connectivity index (χ1) is 13.2. The van der Waals surface area contributed by atoms with Crippen LogP contribution >= 0.6 is 0 Å². The third kappa shape index (κ3) is 23.3. The zero-order valence-corrected chi connectivity index (χ0v) is 17.7. The molecule has 0 atom stereocenters. The largest absolute Gasteiger partial charge is 0.465 e. The number of carbonyl (C=O) groups excluding carboxylic acids is 1. The minimum Gasteiger partial charge on any atom is -0.465 e. The fraction of sp³-hybridized carbons (Fsp3) is 0.955. The standard InChI is InChI=1S/C22H45NO4/c1-2-3-4-5-6-7-8-9-10-11-12-13-14-15-16-17-18-27-22(26)20-23-19-21(24)25/h21,23-25H,2-20H2,1H3. The molecule has 0 amide bonds. The predicted octanol–water partition coefficient (Wildman–Crippen LogP) is 4.69. The van der Waals surface area contributed by atoms with Crippen molar-refractivity contribution in [2.24, 2.45) is 0 Å². The molecule has 0 heterocycles. The van der Waals surface area contributed by atoms with Crippen LogP contribution in [-0.4, -0.2) is 42.2 Å². The first-order valence-corrected chi connectivity index (χ1v) is 11.4. The molecule has 0 aliphatic rings. The number of hydrogen-bond donors (Lipinski definition) is 3. The van der Waals surface area contributed by atoms with Crippen LogP contribution in [0.1, 0.15) is 110 Å². The van der Waals surface area contributed by atoms with E-state index in [-0.39, 0.29) is 19.1 Å². The third-order valence-corrected chi connectivity index (χ3v) is 4.86. The smallest absolute Gasteiger partial charge is 0.319 e. The zero-order chi connectivity index (χ0) is 20.0. The van der Waals surface area contributed by atoms with Crippen LogP contribution in [0.3, 0.4) is 0 Å². The lowest BCUT2D eigenvalue weighted by Crippen LogP contribution is -2.31. The first kappa shape index (κ1) is 26.4. The van der Waals surface area contributed by atoms with Gasteiger partial charge in [-0.05, 0) is 6.42 Å². The molecular weight excluding hydrogens is 342 g/mol. The van der Waals surface area contributed by atoms with Gasteiger partial charge in [-0.25, -0.2) is 0 Å². The highest BCUT2D eigenvalue weighted by molar-refractivity contribution is 5.71. The molecule has 0 aromatic heterocycles. The monoisotopic (exact) mass is 387 g/mol. The van der Waals surface area contributed by atoms with Crippen molar-refractivity contribution < 1.29 is 19.7 Å². The lowest BCUT2D eigenvalue weighted by Gasteiger charge is -2.07. The van der Waals surface area contributed by atoms with Crippen LogP contribution < -0.4 is 5.32 Å². The van der Waals surface area contributed by atoms with Gasteiger partial charge in [0.05, 0.1) is 13.2 Å². The highest BCUT2D eigenvalue weighted by Crippen LogP contribution is 2.13. The van der Waals surface area contributed by atoms with Crippen LogP contribution in [0.4, 0.5) is 0 Å². The van der Waals surface area contributed by atoms with Gasteiger partial charge >= 0.3 is 5.97 Å². The van der Waals surface area contributed by atoms with Gasteiger partial charge in [-0.1, -0.05) is 103 Å². The minimum absolute atomic E-state index is 0.0197. The van der Waals surface area contributed by atoms with E-state index in [0.717, 1.165) is 12.8 Å². The van der Waals surface area contributed by atoms with Gasteiger partial charge in [0.2, 0.25) is 0 Å². The van der Waals surface area contributed by atoms with Crippen LogP contribution in [0.5, 0.6) is 0 Å². The molecule has 0 aromatic rings. The lowest BCUT2D eigenvalue weighted by atomic mass is 10.0. The summed E-state index contributed by atoms with van der Waals surface area (Å²) in [5.74, 6) is -0.336. The average molecular weight is 388 g/mol. The minimum atomic E-state index is -1.43. The Morgan fingerprint density at radius 1 is 0.741 bits per heavy atom. The molecule has 0 aliphatic carbocycles. The third-order valence-electron chi connectivity index (χ3n) is 4.86. The van der Waals surface area contributed by atoms with Crippen LogP contribution in [0, 0.1) is 0 Å². The Labute approximate surface area is 167 Å². The van der Waals surface area contributed by atoms with E-state index < -0.39 is 6.29 Å². The Morgan fingerprint density at radius 2 is 1.15 bits per heavy atom. The van der Waals surface area contributed by atoms with Crippen molar-refractivity contribution in [1.82, 2.24) is 5.32 Å². The first-order valence-electron chi connectivity index (χ1n) is 11.4. The molecule has 0 rings (SSSR count). The van der Waals surface area contributed by atoms with Crippen molar-refractivity contribution in [3.05, 3.63) is 0 Å². The van der Waals surface area contributed by atoms with Crippen LogP contribution in [0.15, 0.2) is 0 Å². The number of nitrogens with one attached hydrogen (secondary N) is 1. The maximum Gasteiger partial charge on any atom is 0.319 e. The fourth-order valence-electron chi connectivity index (χ4n) is 3.19.